The van der Waals surface area contributed by atoms with Crippen LogP contribution in [0.1, 0.15) is 31.7 Å². The fraction of sp³-hybridized carbons (Fsp3) is 0.533. The van der Waals surface area contributed by atoms with Crippen LogP contribution in [0.5, 0.6) is 0 Å². The van der Waals surface area contributed by atoms with Gasteiger partial charge in [0.25, 0.3) is 0 Å². The lowest BCUT2D eigenvalue weighted by molar-refractivity contribution is -0.130. The van der Waals surface area contributed by atoms with Crippen LogP contribution in [0, 0.1) is 11.7 Å². The van der Waals surface area contributed by atoms with E-state index in [0.717, 1.165) is 31.5 Å². The highest BCUT2D eigenvalue weighted by Crippen LogP contribution is 2.17. The van der Waals surface area contributed by atoms with Crippen LogP contribution < -0.4 is 0 Å². The first-order valence-corrected chi connectivity index (χ1v) is 6.67. The first-order chi connectivity index (χ1) is 8.65. The highest BCUT2D eigenvalue weighted by atomic mass is 19.1. The minimum absolute atomic E-state index is 0.163. The number of carbonyl (C=O) groups excluding carboxylic acids is 1. The number of carbonyl (C=O) groups is 1. The van der Waals surface area contributed by atoms with Gasteiger partial charge in [-0.1, -0.05) is 19.1 Å². The molecule has 1 unspecified atom stereocenters. The summed E-state index contributed by atoms with van der Waals surface area (Å²) in [7, 11) is 0. The average Bonchev–Trinajstić information content (AvgIpc) is 2.57. The molecule has 0 radical (unpaired) electrons. The summed E-state index contributed by atoms with van der Waals surface area (Å²) in [6.45, 7) is 3.97. The van der Waals surface area contributed by atoms with Crippen LogP contribution in [-0.4, -0.2) is 23.9 Å². The summed E-state index contributed by atoms with van der Waals surface area (Å²) in [5, 5.41) is 0. The number of nitrogens with zero attached hydrogens (tertiary/aromatic N) is 1. The molecule has 2 nitrogen and oxygen atoms in total. The standard InChI is InChI=1S/C15H20FNO/c1-12-3-2-9-17(10-8-12)15(18)11-13-4-6-14(16)7-5-13/h4-7,12H,2-3,8-11H2,1H3. The van der Waals surface area contributed by atoms with E-state index in [4.69, 9.17) is 0 Å². The summed E-state index contributed by atoms with van der Waals surface area (Å²) in [6, 6.07) is 6.20. The fourth-order valence-electron chi connectivity index (χ4n) is 2.40. The van der Waals surface area contributed by atoms with Gasteiger partial charge in [0.2, 0.25) is 5.91 Å². The van der Waals surface area contributed by atoms with E-state index in [2.05, 4.69) is 6.92 Å². The van der Waals surface area contributed by atoms with Gasteiger partial charge in [0.15, 0.2) is 0 Å². The van der Waals surface area contributed by atoms with Crippen molar-refractivity contribution in [1.82, 2.24) is 4.90 Å². The number of rotatable bonds is 2. The molecule has 0 saturated carbocycles. The second kappa shape index (κ2) is 5.98. The van der Waals surface area contributed by atoms with E-state index >= 15 is 0 Å². The molecular weight excluding hydrogens is 229 g/mol. The molecule has 3 heteroatoms. The van der Waals surface area contributed by atoms with E-state index in [0.29, 0.717) is 12.3 Å². The average molecular weight is 249 g/mol. The maximum atomic E-state index is 12.8. The summed E-state index contributed by atoms with van der Waals surface area (Å²) >= 11 is 0. The molecule has 2 rings (SSSR count). The molecule has 1 heterocycles. The Hall–Kier alpha value is -1.38. The molecule has 0 aliphatic carbocycles. The topological polar surface area (TPSA) is 20.3 Å². The maximum Gasteiger partial charge on any atom is 0.226 e. The molecule has 98 valence electrons. The van der Waals surface area contributed by atoms with Gasteiger partial charge < -0.3 is 4.90 Å². The van der Waals surface area contributed by atoms with Gasteiger partial charge in [-0.05, 0) is 42.9 Å². The van der Waals surface area contributed by atoms with Gasteiger partial charge in [0, 0.05) is 13.1 Å². The minimum Gasteiger partial charge on any atom is -0.342 e. The Labute approximate surface area is 108 Å². The van der Waals surface area contributed by atoms with Crippen LogP contribution in [-0.2, 0) is 11.2 Å². The van der Waals surface area contributed by atoms with Crippen LogP contribution in [0.2, 0.25) is 0 Å². The summed E-state index contributed by atoms with van der Waals surface area (Å²) < 4.78 is 12.8. The molecule has 1 amide bonds. The third-order valence-corrected chi connectivity index (χ3v) is 3.64. The molecule has 0 spiro atoms. The minimum atomic E-state index is -0.255. The number of amides is 1. The molecule has 1 fully saturated rings. The SMILES string of the molecule is CC1CCCN(C(=O)Cc2ccc(F)cc2)CC1. The van der Waals surface area contributed by atoms with Gasteiger partial charge in [-0.2, -0.15) is 0 Å². The Kier molecular flexibility index (Phi) is 4.34. The van der Waals surface area contributed by atoms with Crippen molar-refractivity contribution in [3.8, 4) is 0 Å². The largest absolute Gasteiger partial charge is 0.342 e. The van der Waals surface area contributed by atoms with Crippen LogP contribution >= 0.6 is 0 Å². The third kappa shape index (κ3) is 3.56. The molecule has 0 aromatic heterocycles. The van der Waals surface area contributed by atoms with E-state index in [1.165, 1.54) is 18.6 Å². The van der Waals surface area contributed by atoms with E-state index in [1.807, 2.05) is 4.90 Å². The highest BCUT2D eigenvalue weighted by Gasteiger charge is 2.18. The van der Waals surface area contributed by atoms with E-state index in [-0.39, 0.29) is 11.7 Å². The van der Waals surface area contributed by atoms with E-state index in [1.54, 1.807) is 12.1 Å². The first-order valence-electron chi connectivity index (χ1n) is 6.67. The molecule has 1 aliphatic rings. The van der Waals surface area contributed by atoms with Crippen molar-refractivity contribution in [1.29, 1.82) is 0 Å². The van der Waals surface area contributed by atoms with Crippen molar-refractivity contribution in [2.45, 2.75) is 32.6 Å². The van der Waals surface area contributed by atoms with Gasteiger partial charge in [0.1, 0.15) is 5.82 Å². The molecule has 1 aromatic carbocycles. The van der Waals surface area contributed by atoms with Gasteiger partial charge in [-0.25, -0.2) is 4.39 Å². The van der Waals surface area contributed by atoms with Crippen molar-refractivity contribution in [2.75, 3.05) is 13.1 Å². The Bertz CT molecular complexity index is 401. The molecule has 1 aromatic rings. The summed E-state index contributed by atoms with van der Waals surface area (Å²) in [6.07, 6.45) is 3.78. The monoisotopic (exact) mass is 249 g/mol. The van der Waals surface area contributed by atoms with Crippen molar-refractivity contribution in [2.24, 2.45) is 5.92 Å². The Morgan fingerprint density at radius 3 is 2.72 bits per heavy atom. The smallest absolute Gasteiger partial charge is 0.226 e. The quantitative estimate of drug-likeness (QED) is 0.789. The summed E-state index contributed by atoms with van der Waals surface area (Å²) in [5.74, 6) is 0.624. The predicted molar refractivity (Wildman–Crippen MR) is 69.7 cm³/mol. The van der Waals surface area contributed by atoms with Crippen LogP contribution in [0.15, 0.2) is 24.3 Å². The normalized spacial score (nSPS) is 20.6. The number of halogens is 1. The molecule has 0 N–H and O–H groups in total. The lowest BCUT2D eigenvalue weighted by atomic mass is 10.0. The van der Waals surface area contributed by atoms with Crippen LogP contribution in [0.4, 0.5) is 4.39 Å². The maximum absolute atomic E-state index is 12.8. The van der Waals surface area contributed by atoms with Gasteiger partial charge in [-0.15, -0.1) is 0 Å². The summed E-state index contributed by atoms with van der Waals surface area (Å²) in [4.78, 5) is 14.1. The predicted octanol–water partition coefficient (Wildman–Crippen LogP) is 3.02. The van der Waals surface area contributed by atoms with Gasteiger partial charge in [0.05, 0.1) is 6.42 Å². The van der Waals surface area contributed by atoms with Gasteiger partial charge >= 0.3 is 0 Å². The zero-order valence-electron chi connectivity index (χ0n) is 10.9. The molecule has 18 heavy (non-hydrogen) atoms. The molecule has 1 aliphatic heterocycles. The number of hydrogen-bond acceptors (Lipinski definition) is 1. The Balaban J connectivity index is 1.92. The summed E-state index contributed by atoms with van der Waals surface area (Å²) in [5.41, 5.74) is 0.888. The number of likely N-dealkylation sites (tertiary alicyclic amines) is 1. The zero-order valence-corrected chi connectivity index (χ0v) is 10.9. The number of benzene rings is 1. The van der Waals surface area contributed by atoms with E-state index in [9.17, 15) is 9.18 Å². The fourth-order valence-corrected chi connectivity index (χ4v) is 2.40. The molecule has 1 saturated heterocycles. The van der Waals surface area contributed by atoms with Crippen molar-refractivity contribution >= 4 is 5.91 Å². The van der Waals surface area contributed by atoms with Crippen molar-refractivity contribution in [3.05, 3.63) is 35.6 Å². The van der Waals surface area contributed by atoms with Crippen LogP contribution in [0.25, 0.3) is 0 Å². The Morgan fingerprint density at radius 1 is 1.28 bits per heavy atom. The lowest BCUT2D eigenvalue weighted by Gasteiger charge is -2.20. The van der Waals surface area contributed by atoms with Crippen LogP contribution in [0.3, 0.4) is 0 Å². The molecule has 1 atom stereocenters. The third-order valence-electron chi connectivity index (χ3n) is 3.64. The first kappa shape index (κ1) is 13.1. The zero-order chi connectivity index (χ0) is 13.0. The second-order valence-corrected chi connectivity index (χ2v) is 5.22. The van der Waals surface area contributed by atoms with Crippen molar-refractivity contribution < 1.29 is 9.18 Å². The van der Waals surface area contributed by atoms with Gasteiger partial charge in [-0.3, -0.25) is 4.79 Å². The number of hydrogen-bond donors (Lipinski definition) is 0. The Morgan fingerprint density at radius 2 is 2.00 bits per heavy atom. The lowest BCUT2D eigenvalue weighted by Crippen LogP contribution is -2.33. The second-order valence-electron chi connectivity index (χ2n) is 5.22. The molecular formula is C15H20FNO. The molecule has 0 bridgehead atoms. The van der Waals surface area contributed by atoms with Crippen molar-refractivity contribution in [3.63, 3.8) is 0 Å². The highest BCUT2D eigenvalue weighted by molar-refractivity contribution is 5.78. The van der Waals surface area contributed by atoms with E-state index < -0.39 is 0 Å².